The molecule has 1 aliphatic rings. The molecular weight excluding hydrogens is 356 g/mol. The third kappa shape index (κ3) is 4.15. The fraction of sp³-hybridized carbons (Fsp3) is 0.692. The van der Waals surface area contributed by atoms with Gasteiger partial charge in [0.1, 0.15) is 23.0 Å². The minimum atomic E-state index is -1.16. The molecule has 1 unspecified atom stereocenters. The van der Waals surface area contributed by atoms with Gasteiger partial charge >= 0.3 is 0 Å². The quantitative estimate of drug-likeness (QED) is 0.629. The van der Waals surface area contributed by atoms with Gasteiger partial charge in [-0.05, 0) is 22.0 Å². The van der Waals surface area contributed by atoms with E-state index in [2.05, 4.69) is 40.7 Å². The lowest BCUT2D eigenvalue weighted by molar-refractivity contribution is 0.0661. The summed E-state index contributed by atoms with van der Waals surface area (Å²) in [5.74, 6) is 0.345. The molecule has 0 aromatic carbocycles. The van der Waals surface area contributed by atoms with Crippen molar-refractivity contribution in [1.82, 2.24) is 9.78 Å². The summed E-state index contributed by atoms with van der Waals surface area (Å²) in [6, 6.07) is 1.03. The molecule has 0 bridgehead atoms. The lowest BCUT2D eigenvalue weighted by atomic mass is 10.1. The smallest absolute Gasteiger partial charge is 0.287 e. The summed E-state index contributed by atoms with van der Waals surface area (Å²) >= 11 is 3.23. The van der Waals surface area contributed by atoms with E-state index in [1.165, 1.54) is 4.68 Å². The highest BCUT2D eigenvalue weighted by atomic mass is 79.9. The molecule has 2 heterocycles. The Bertz CT molecular complexity index is 571. The number of nitrogens with zero attached hydrogens (tertiary/aromatic N) is 2. The summed E-state index contributed by atoms with van der Waals surface area (Å²) in [7, 11) is -1.16. The molecule has 1 aliphatic heterocycles. The van der Waals surface area contributed by atoms with Crippen LogP contribution in [0.3, 0.4) is 0 Å². The van der Waals surface area contributed by atoms with Crippen LogP contribution in [0.1, 0.15) is 18.2 Å². The van der Waals surface area contributed by atoms with Crippen molar-refractivity contribution in [2.24, 2.45) is 0 Å². The predicted molar refractivity (Wildman–Crippen MR) is 85.4 cm³/mol. The van der Waals surface area contributed by atoms with Crippen LogP contribution in [0.4, 0.5) is 0 Å². The van der Waals surface area contributed by atoms with Gasteiger partial charge in [-0.1, -0.05) is 19.6 Å². The van der Waals surface area contributed by atoms with E-state index >= 15 is 0 Å². The Hall–Kier alpha value is -0.703. The molecule has 0 fully saturated rings. The van der Waals surface area contributed by atoms with Gasteiger partial charge in [-0.25, -0.2) is 4.68 Å². The van der Waals surface area contributed by atoms with Gasteiger partial charge < -0.3 is 14.6 Å². The molecule has 6 nitrogen and oxygen atoms in total. The van der Waals surface area contributed by atoms with E-state index in [-0.39, 0.29) is 12.3 Å². The molecule has 2 rings (SSSR count). The van der Waals surface area contributed by atoms with Crippen molar-refractivity contribution in [3.63, 3.8) is 0 Å². The second-order valence-electron chi connectivity index (χ2n) is 6.33. The maximum Gasteiger partial charge on any atom is 0.287 e. The molecule has 0 saturated carbocycles. The van der Waals surface area contributed by atoms with Gasteiger partial charge in [0.25, 0.3) is 5.56 Å². The average molecular weight is 377 g/mol. The number of hydrogen-bond acceptors (Lipinski definition) is 5. The number of hydrogen-bond donors (Lipinski definition) is 1. The highest BCUT2D eigenvalue weighted by molar-refractivity contribution is 9.10. The van der Waals surface area contributed by atoms with Crippen molar-refractivity contribution in [2.45, 2.75) is 44.9 Å². The van der Waals surface area contributed by atoms with E-state index in [1.807, 2.05) is 0 Å². The zero-order valence-corrected chi connectivity index (χ0v) is 15.1. The first-order valence-electron chi connectivity index (χ1n) is 6.99. The predicted octanol–water partition coefficient (Wildman–Crippen LogP) is 2.13. The first-order chi connectivity index (χ1) is 9.79. The number of ether oxygens (including phenoxy) is 2. The van der Waals surface area contributed by atoms with Crippen LogP contribution in [-0.2, 0) is 11.5 Å². The average Bonchev–Trinajstić information content (AvgIpc) is 2.40. The van der Waals surface area contributed by atoms with Crippen LogP contribution in [-0.4, -0.2) is 36.2 Å². The number of halogens is 1. The molecular formula is C13H21BrN2O4Si. The van der Waals surface area contributed by atoms with E-state index in [4.69, 9.17) is 9.47 Å². The van der Waals surface area contributed by atoms with E-state index in [0.717, 1.165) is 6.04 Å². The SMILES string of the molecule is C[Si](C)(C)CCOCn1nc2c(c(Br)c1=O)OCCC2O. The molecule has 21 heavy (non-hydrogen) atoms. The standard InChI is InChI=1S/C13H21BrN2O4Si/c1-21(2,3)7-6-19-8-16-13(18)10(14)12-11(15-16)9(17)4-5-20-12/h9,17H,4-8H2,1-3H3. The van der Waals surface area contributed by atoms with Gasteiger partial charge in [-0.2, -0.15) is 5.10 Å². The molecule has 0 radical (unpaired) electrons. The van der Waals surface area contributed by atoms with Crippen molar-refractivity contribution in [3.05, 3.63) is 20.5 Å². The van der Waals surface area contributed by atoms with Gasteiger partial charge in [0.15, 0.2) is 5.75 Å². The monoisotopic (exact) mass is 376 g/mol. The minimum absolute atomic E-state index is 0.0852. The summed E-state index contributed by atoms with van der Waals surface area (Å²) in [6.45, 7) is 7.88. The van der Waals surface area contributed by atoms with Crippen LogP contribution < -0.4 is 10.3 Å². The molecule has 0 amide bonds. The first-order valence-corrected chi connectivity index (χ1v) is 11.5. The first kappa shape index (κ1) is 16.7. The Balaban J connectivity index is 2.12. The van der Waals surface area contributed by atoms with Crippen molar-refractivity contribution in [1.29, 1.82) is 0 Å². The van der Waals surface area contributed by atoms with Crippen molar-refractivity contribution < 1.29 is 14.6 Å². The van der Waals surface area contributed by atoms with Crippen molar-refractivity contribution >= 4 is 24.0 Å². The Labute approximate surface area is 133 Å². The molecule has 1 atom stereocenters. The Kier molecular flexibility index (Phi) is 5.23. The summed E-state index contributed by atoms with van der Waals surface area (Å²) in [6.07, 6.45) is -0.236. The molecule has 1 aromatic heterocycles. The highest BCUT2D eigenvalue weighted by Gasteiger charge is 2.26. The van der Waals surface area contributed by atoms with Crippen LogP contribution in [0.25, 0.3) is 0 Å². The number of rotatable bonds is 5. The maximum atomic E-state index is 12.2. The molecule has 1 N–H and O–H groups in total. The molecule has 118 valence electrons. The lowest BCUT2D eigenvalue weighted by Crippen LogP contribution is -2.30. The number of fused-ring (bicyclic) bond motifs is 1. The zero-order valence-electron chi connectivity index (χ0n) is 12.6. The molecule has 8 heteroatoms. The molecule has 1 aromatic rings. The van der Waals surface area contributed by atoms with Crippen molar-refractivity contribution in [3.8, 4) is 5.75 Å². The van der Waals surface area contributed by atoms with Crippen LogP contribution in [0.2, 0.25) is 25.7 Å². The Morgan fingerprint density at radius 1 is 1.52 bits per heavy atom. The summed E-state index contributed by atoms with van der Waals surface area (Å²) in [5.41, 5.74) is 0.0809. The number of aliphatic hydroxyl groups is 1. The maximum absolute atomic E-state index is 12.2. The third-order valence-corrected chi connectivity index (χ3v) is 5.65. The summed E-state index contributed by atoms with van der Waals surface area (Å²) < 4.78 is 12.5. The topological polar surface area (TPSA) is 73.6 Å². The summed E-state index contributed by atoms with van der Waals surface area (Å²) in [4.78, 5) is 12.2. The van der Waals surface area contributed by atoms with Gasteiger partial charge in [0.2, 0.25) is 0 Å². The normalized spacial score (nSPS) is 18.2. The highest BCUT2D eigenvalue weighted by Crippen LogP contribution is 2.33. The van der Waals surface area contributed by atoms with Crippen LogP contribution in [0.5, 0.6) is 5.75 Å². The minimum Gasteiger partial charge on any atom is -0.490 e. The Morgan fingerprint density at radius 3 is 2.90 bits per heavy atom. The fourth-order valence-corrected chi connectivity index (χ4v) is 3.20. The van der Waals surface area contributed by atoms with Crippen LogP contribution >= 0.6 is 15.9 Å². The van der Waals surface area contributed by atoms with Gasteiger partial charge in [-0.15, -0.1) is 0 Å². The van der Waals surface area contributed by atoms with E-state index in [9.17, 15) is 9.90 Å². The van der Waals surface area contributed by atoms with Crippen LogP contribution in [0, 0.1) is 0 Å². The number of aliphatic hydroxyl groups excluding tert-OH is 1. The lowest BCUT2D eigenvalue weighted by Gasteiger charge is -2.22. The third-order valence-electron chi connectivity index (χ3n) is 3.25. The number of aromatic nitrogens is 2. The largest absolute Gasteiger partial charge is 0.490 e. The van der Waals surface area contributed by atoms with Gasteiger partial charge in [-0.3, -0.25) is 4.79 Å². The Morgan fingerprint density at radius 2 is 2.24 bits per heavy atom. The fourth-order valence-electron chi connectivity index (χ4n) is 1.93. The van der Waals surface area contributed by atoms with Crippen LogP contribution in [0.15, 0.2) is 9.27 Å². The summed E-state index contributed by atoms with van der Waals surface area (Å²) in [5, 5.41) is 14.1. The second kappa shape index (κ2) is 6.60. The molecule has 0 saturated heterocycles. The van der Waals surface area contributed by atoms with Gasteiger partial charge in [0, 0.05) is 21.1 Å². The second-order valence-corrected chi connectivity index (χ2v) is 12.7. The van der Waals surface area contributed by atoms with Crippen molar-refractivity contribution in [2.75, 3.05) is 13.2 Å². The van der Waals surface area contributed by atoms with Gasteiger partial charge in [0.05, 0.1) is 6.61 Å². The van der Waals surface area contributed by atoms with E-state index < -0.39 is 14.2 Å². The van der Waals surface area contributed by atoms with E-state index in [1.54, 1.807) is 0 Å². The zero-order chi connectivity index (χ0) is 15.6. The molecule has 0 aliphatic carbocycles. The van der Waals surface area contributed by atoms with E-state index in [0.29, 0.717) is 35.6 Å². The molecule has 0 spiro atoms.